The van der Waals surface area contributed by atoms with Crippen LogP contribution < -0.4 is 10.1 Å². The van der Waals surface area contributed by atoms with Crippen LogP contribution in [0.25, 0.3) is 0 Å². The van der Waals surface area contributed by atoms with E-state index < -0.39 is 0 Å². The van der Waals surface area contributed by atoms with Crippen LogP contribution in [0.2, 0.25) is 0 Å². The van der Waals surface area contributed by atoms with E-state index in [4.69, 9.17) is 4.74 Å². The molecule has 1 N–H and O–H groups in total. The molecule has 2 rings (SSSR count). The van der Waals surface area contributed by atoms with E-state index in [0.717, 1.165) is 34.8 Å². The third-order valence-electron chi connectivity index (χ3n) is 3.30. The van der Waals surface area contributed by atoms with Crippen LogP contribution in [-0.2, 0) is 13.2 Å². The van der Waals surface area contributed by atoms with Crippen LogP contribution in [0.15, 0.2) is 30.3 Å². The Bertz CT molecular complexity index is 614. The summed E-state index contributed by atoms with van der Waals surface area (Å²) in [5.74, 6) is 0.548. The number of rotatable bonds is 6. The maximum atomic E-state index is 13.1. The highest BCUT2D eigenvalue weighted by atomic mass is 19.1. The molecule has 1 aromatic heterocycles. The van der Waals surface area contributed by atoms with Crippen molar-refractivity contribution in [3.63, 3.8) is 0 Å². The van der Waals surface area contributed by atoms with Crippen molar-refractivity contribution in [2.24, 2.45) is 0 Å². The number of benzene rings is 1. The molecule has 0 fully saturated rings. The molecule has 0 amide bonds. The number of hydrogen-bond donors (Lipinski definition) is 1. The largest absolute Gasteiger partial charge is 0.487 e. The van der Waals surface area contributed by atoms with E-state index in [-0.39, 0.29) is 5.82 Å². The highest BCUT2D eigenvalue weighted by Crippen LogP contribution is 2.19. The van der Waals surface area contributed by atoms with Crippen molar-refractivity contribution >= 4 is 0 Å². The summed E-state index contributed by atoms with van der Waals surface area (Å²) < 4.78 is 19.0. The van der Waals surface area contributed by atoms with E-state index in [9.17, 15) is 4.39 Å². The standard InChI is InChI=1S/C17H21FN2O/c1-4-19-10-16-17(8-5-13(3)20-16)21-11-14-6-7-15(18)9-12(14)2/h5-9,19H,4,10-11H2,1-3H3. The minimum atomic E-state index is -0.221. The van der Waals surface area contributed by atoms with Crippen molar-refractivity contribution in [1.29, 1.82) is 0 Å². The molecule has 0 bridgehead atoms. The van der Waals surface area contributed by atoms with Crippen molar-refractivity contribution in [2.75, 3.05) is 6.54 Å². The fourth-order valence-electron chi connectivity index (χ4n) is 2.08. The zero-order valence-corrected chi connectivity index (χ0v) is 12.7. The molecule has 1 heterocycles. The molecular formula is C17H21FN2O. The number of aryl methyl sites for hydroxylation is 2. The summed E-state index contributed by atoms with van der Waals surface area (Å²) in [6.07, 6.45) is 0. The number of nitrogens with one attached hydrogen (secondary N) is 1. The number of hydrogen-bond acceptors (Lipinski definition) is 3. The average molecular weight is 288 g/mol. The smallest absolute Gasteiger partial charge is 0.142 e. The van der Waals surface area contributed by atoms with Crippen molar-refractivity contribution in [3.05, 3.63) is 58.7 Å². The molecule has 0 atom stereocenters. The van der Waals surface area contributed by atoms with E-state index in [2.05, 4.69) is 17.2 Å². The van der Waals surface area contributed by atoms with Gasteiger partial charge in [0.05, 0.1) is 5.69 Å². The Morgan fingerprint density at radius 2 is 2.00 bits per heavy atom. The number of nitrogens with zero attached hydrogens (tertiary/aromatic N) is 1. The van der Waals surface area contributed by atoms with Crippen LogP contribution in [0.3, 0.4) is 0 Å². The highest BCUT2D eigenvalue weighted by Gasteiger charge is 2.07. The zero-order chi connectivity index (χ0) is 15.2. The van der Waals surface area contributed by atoms with Crippen molar-refractivity contribution < 1.29 is 9.13 Å². The number of halogens is 1. The summed E-state index contributed by atoms with van der Waals surface area (Å²) in [6.45, 7) is 7.87. The van der Waals surface area contributed by atoms with E-state index in [0.29, 0.717) is 13.2 Å². The lowest BCUT2D eigenvalue weighted by Crippen LogP contribution is -2.14. The minimum Gasteiger partial charge on any atom is -0.487 e. The fourth-order valence-corrected chi connectivity index (χ4v) is 2.08. The molecule has 2 aromatic rings. The SMILES string of the molecule is CCNCc1nc(C)ccc1OCc1ccc(F)cc1C. The molecule has 112 valence electrons. The van der Waals surface area contributed by atoms with Gasteiger partial charge in [-0.05, 0) is 55.8 Å². The Balaban J connectivity index is 2.11. The first-order valence-electron chi connectivity index (χ1n) is 7.15. The Kier molecular flexibility index (Phi) is 5.28. The zero-order valence-electron chi connectivity index (χ0n) is 12.7. The van der Waals surface area contributed by atoms with E-state index in [1.807, 2.05) is 26.0 Å². The molecule has 0 spiro atoms. The van der Waals surface area contributed by atoms with Crippen LogP contribution >= 0.6 is 0 Å². The average Bonchev–Trinajstić information content (AvgIpc) is 2.45. The summed E-state index contributed by atoms with van der Waals surface area (Å²) in [4.78, 5) is 4.51. The predicted molar refractivity (Wildman–Crippen MR) is 81.8 cm³/mol. The molecule has 3 nitrogen and oxygen atoms in total. The van der Waals surface area contributed by atoms with Crippen molar-refractivity contribution in [1.82, 2.24) is 10.3 Å². The quantitative estimate of drug-likeness (QED) is 0.883. The van der Waals surface area contributed by atoms with Crippen LogP contribution in [0.1, 0.15) is 29.4 Å². The predicted octanol–water partition coefficient (Wildman–Crippen LogP) is 3.53. The van der Waals surface area contributed by atoms with Gasteiger partial charge < -0.3 is 10.1 Å². The van der Waals surface area contributed by atoms with Gasteiger partial charge in [0.25, 0.3) is 0 Å². The number of ether oxygens (including phenoxy) is 1. The minimum absolute atomic E-state index is 0.221. The van der Waals surface area contributed by atoms with Gasteiger partial charge in [-0.3, -0.25) is 4.98 Å². The molecule has 0 aliphatic rings. The Labute approximate surface area is 125 Å². The summed E-state index contributed by atoms with van der Waals surface area (Å²) in [5.41, 5.74) is 3.74. The topological polar surface area (TPSA) is 34.2 Å². The summed E-state index contributed by atoms with van der Waals surface area (Å²) in [7, 11) is 0. The lowest BCUT2D eigenvalue weighted by molar-refractivity contribution is 0.299. The molecule has 21 heavy (non-hydrogen) atoms. The van der Waals surface area contributed by atoms with Crippen LogP contribution in [0.5, 0.6) is 5.75 Å². The lowest BCUT2D eigenvalue weighted by atomic mass is 10.1. The number of pyridine rings is 1. The van der Waals surface area contributed by atoms with Gasteiger partial charge in [-0.25, -0.2) is 4.39 Å². The summed E-state index contributed by atoms with van der Waals surface area (Å²) >= 11 is 0. The van der Waals surface area contributed by atoms with Crippen molar-refractivity contribution in [3.8, 4) is 5.75 Å². The summed E-state index contributed by atoms with van der Waals surface area (Å²) in [6, 6.07) is 8.61. The molecule has 0 unspecified atom stereocenters. The van der Waals surface area contributed by atoms with E-state index in [1.54, 1.807) is 6.07 Å². The molecule has 0 saturated carbocycles. The molecule has 0 aliphatic heterocycles. The van der Waals surface area contributed by atoms with Gasteiger partial charge in [-0.1, -0.05) is 13.0 Å². The molecular weight excluding hydrogens is 267 g/mol. The normalized spacial score (nSPS) is 10.7. The highest BCUT2D eigenvalue weighted by molar-refractivity contribution is 5.31. The van der Waals surface area contributed by atoms with E-state index >= 15 is 0 Å². The third kappa shape index (κ3) is 4.26. The maximum Gasteiger partial charge on any atom is 0.142 e. The Hall–Kier alpha value is -1.94. The third-order valence-corrected chi connectivity index (χ3v) is 3.30. The van der Waals surface area contributed by atoms with Crippen LogP contribution in [0.4, 0.5) is 4.39 Å². The summed E-state index contributed by atoms with van der Waals surface area (Å²) in [5, 5.41) is 3.26. The molecule has 0 aliphatic carbocycles. The van der Waals surface area contributed by atoms with Gasteiger partial charge >= 0.3 is 0 Å². The first-order chi connectivity index (χ1) is 10.1. The van der Waals surface area contributed by atoms with Crippen LogP contribution in [0, 0.1) is 19.7 Å². The second kappa shape index (κ2) is 7.18. The van der Waals surface area contributed by atoms with Gasteiger partial charge in [-0.15, -0.1) is 0 Å². The van der Waals surface area contributed by atoms with Gasteiger partial charge in [0, 0.05) is 12.2 Å². The van der Waals surface area contributed by atoms with Gasteiger partial charge in [0.2, 0.25) is 0 Å². The lowest BCUT2D eigenvalue weighted by Gasteiger charge is -2.13. The second-order valence-corrected chi connectivity index (χ2v) is 5.04. The number of aromatic nitrogens is 1. The first-order valence-corrected chi connectivity index (χ1v) is 7.15. The fraction of sp³-hybridized carbons (Fsp3) is 0.353. The molecule has 0 radical (unpaired) electrons. The van der Waals surface area contributed by atoms with Crippen LogP contribution in [-0.4, -0.2) is 11.5 Å². The second-order valence-electron chi connectivity index (χ2n) is 5.04. The van der Waals surface area contributed by atoms with Gasteiger partial charge in [0.15, 0.2) is 0 Å². The molecule has 4 heteroatoms. The molecule has 1 aromatic carbocycles. The maximum absolute atomic E-state index is 13.1. The Morgan fingerprint density at radius 1 is 1.19 bits per heavy atom. The monoisotopic (exact) mass is 288 g/mol. The van der Waals surface area contributed by atoms with Gasteiger partial charge in [-0.2, -0.15) is 0 Å². The molecule has 0 saturated heterocycles. The Morgan fingerprint density at radius 3 is 2.71 bits per heavy atom. The van der Waals surface area contributed by atoms with Gasteiger partial charge in [0.1, 0.15) is 18.2 Å². The first kappa shape index (κ1) is 15.4. The van der Waals surface area contributed by atoms with Crippen molar-refractivity contribution in [2.45, 2.75) is 33.9 Å². The van der Waals surface area contributed by atoms with E-state index in [1.165, 1.54) is 12.1 Å².